The van der Waals surface area contributed by atoms with E-state index in [9.17, 15) is 40.7 Å². The summed E-state index contributed by atoms with van der Waals surface area (Å²) < 4.78 is 185. The van der Waals surface area contributed by atoms with Crippen molar-refractivity contribution in [3.63, 3.8) is 0 Å². The molecule has 0 aliphatic carbocycles. The van der Waals surface area contributed by atoms with Gasteiger partial charge in [-0.3, -0.25) is 4.90 Å². The van der Waals surface area contributed by atoms with E-state index in [2.05, 4.69) is 4.74 Å². The molecule has 0 spiro atoms. The Balaban J connectivity index is 2.07. The van der Waals surface area contributed by atoms with Crippen molar-refractivity contribution >= 4 is 16.1 Å². The Morgan fingerprint density at radius 1 is 1.24 bits per heavy atom. The highest BCUT2D eigenvalue weighted by atomic mass is 32.2. The average Bonchev–Trinajstić information content (AvgIpc) is 3.65. The number of fused-ring (bicyclic) bond motifs is 1. The number of ether oxygens (including phenoxy) is 3. The van der Waals surface area contributed by atoms with Gasteiger partial charge in [-0.05, 0) is 48.2 Å². The van der Waals surface area contributed by atoms with Gasteiger partial charge in [-0.25, -0.2) is 13.2 Å². The molecule has 2 aliphatic rings. The summed E-state index contributed by atoms with van der Waals surface area (Å²) >= 11 is 0. The van der Waals surface area contributed by atoms with Gasteiger partial charge in [0.25, 0.3) is 0 Å². The summed E-state index contributed by atoms with van der Waals surface area (Å²) in [6.45, 7) is -3.61. The zero-order valence-corrected chi connectivity index (χ0v) is 22.7. The molecule has 0 radical (unpaired) electrons. The van der Waals surface area contributed by atoms with E-state index < -0.39 is 137 Å². The minimum atomic E-state index is -5.65. The van der Waals surface area contributed by atoms with Crippen LogP contribution in [0.25, 0.3) is 0 Å². The number of halogens is 3. The van der Waals surface area contributed by atoms with Gasteiger partial charge in [0.15, 0.2) is 0 Å². The van der Waals surface area contributed by atoms with E-state index in [1.165, 1.54) is 19.9 Å². The van der Waals surface area contributed by atoms with Crippen molar-refractivity contribution in [1.29, 1.82) is 0 Å². The number of hydrogen-bond acceptors (Lipinski definition) is 7. The largest absolute Gasteiger partial charge is 0.573 e. The molecule has 1 fully saturated rings. The second-order valence-electron chi connectivity index (χ2n) is 9.26. The van der Waals surface area contributed by atoms with Crippen molar-refractivity contribution in [2.75, 3.05) is 19.6 Å². The highest BCUT2D eigenvalue weighted by molar-refractivity contribution is 7.89. The molecule has 0 aromatic heterocycles. The van der Waals surface area contributed by atoms with Crippen LogP contribution in [0.1, 0.15) is 35.9 Å². The molecule has 2 aromatic rings. The fraction of sp³-hybridized carbons (Fsp3) is 0.464. The molecule has 0 bridgehead atoms. The van der Waals surface area contributed by atoms with Crippen molar-refractivity contribution in [3.8, 4) is 5.75 Å². The van der Waals surface area contributed by atoms with Gasteiger partial charge in [0.05, 0.1) is 52.8 Å². The van der Waals surface area contributed by atoms with Crippen LogP contribution < -0.4 is 4.74 Å². The molecule has 230 valence electrons. The molecule has 14 heteroatoms. The highest BCUT2D eigenvalue weighted by Gasteiger charge is 2.48. The third-order valence-corrected chi connectivity index (χ3v) is 7.40. The van der Waals surface area contributed by atoms with E-state index in [1.807, 2.05) is 0 Å². The van der Waals surface area contributed by atoms with Crippen LogP contribution in [0.4, 0.5) is 18.0 Å². The van der Waals surface area contributed by atoms with E-state index in [-0.39, 0.29) is 9.21 Å². The van der Waals surface area contributed by atoms with Crippen LogP contribution in [0.2, 0.25) is 0 Å². The maximum atomic E-state index is 14.2. The summed E-state index contributed by atoms with van der Waals surface area (Å²) in [5, 5.41) is 22.8. The second-order valence-corrected chi connectivity index (χ2v) is 11.1. The highest BCUT2D eigenvalue weighted by Crippen LogP contribution is 2.34. The summed E-state index contributed by atoms with van der Waals surface area (Å²) in [6, 6.07) is -12.6. The van der Waals surface area contributed by atoms with Gasteiger partial charge in [-0.1, -0.05) is 44.1 Å². The number of alkyl halides is 3. The second kappa shape index (κ2) is 12.9. The van der Waals surface area contributed by atoms with E-state index in [1.54, 1.807) is 0 Å². The smallest absolute Gasteiger partial charge is 0.472 e. The minimum absolute atomic E-state index is 0.262. The third kappa shape index (κ3) is 7.54. The zero-order valence-electron chi connectivity index (χ0n) is 33.9. The van der Waals surface area contributed by atoms with Gasteiger partial charge in [0, 0.05) is 18.5 Å². The molecule has 2 N–H and O–H groups in total. The molecule has 1 saturated heterocycles. The Labute approximate surface area is 258 Å². The molecule has 0 saturated carbocycles. The van der Waals surface area contributed by atoms with Gasteiger partial charge in [0.2, 0.25) is 16.3 Å². The Bertz CT molecular complexity index is 1930. The number of amides is 1. The van der Waals surface area contributed by atoms with Crippen LogP contribution >= 0.6 is 0 Å². The first-order valence-electron chi connectivity index (χ1n) is 18.1. The fourth-order valence-corrected chi connectivity index (χ4v) is 5.44. The number of hydrogen-bond donors (Lipinski definition) is 2. The number of rotatable bonds is 12. The number of nitrogens with zero attached hydrogens (tertiary/aromatic N) is 2. The number of carboxylic acid groups (broad SMARTS) is 1. The molecule has 42 heavy (non-hydrogen) atoms. The third-order valence-electron chi connectivity index (χ3n) is 5.77. The van der Waals surface area contributed by atoms with Crippen molar-refractivity contribution in [2.45, 2.75) is 55.9 Å². The first kappa shape index (κ1) is 19.1. The summed E-state index contributed by atoms with van der Waals surface area (Å²) in [6.07, 6.45) is -15.6. The topological polar surface area (TPSA) is 126 Å². The summed E-state index contributed by atoms with van der Waals surface area (Å²) in [5.41, 5.74) is -1.52. The van der Waals surface area contributed by atoms with E-state index in [0.717, 1.165) is 6.26 Å². The monoisotopic (exact) mass is 626 g/mol. The molecule has 10 nitrogen and oxygen atoms in total. The maximum Gasteiger partial charge on any atom is 0.573 e. The van der Waals surface area contributed by atoms with Crippen LogP contribution in [0.5, 0.6) is 5.75 Å². The normalized spacial score (nSPS) is 28.0. The van der Waals surface area contributed by atoms with Gasteiger partial charge in [-0.2, -0.15) is 4.31 Å². The van der Waals surface area contributed by atoms with Crippen LogP contribution in [0, 0.1) is 11.8 Å². The summed E-state index contributed by atoms with van der Waals surface area (Å²) in [7, 11) is -5.65. The van der Waals surface area contributed by atoms with Crippen LogP contribution in [0.3, 0.4) is 0 Å². The lowest BCUT2D eigenvalue weighted by Crippen LogP contribution is -2.57. The van der Waals surface area contributed by atoms with Crippen molar-refractivity contribution in [2.24, 2.45) is 11.8 Å². The molecule has 2 aliphatic heterocycles. The molecule has 5 atom stereocenters. The molecular formula is C28H33F3N2O8S. The van der Waals surface area contributed by atoms with Gasteiger partial charge in [0.1, 0.15) is 5.75 Å². The first-order chi connectivity index (χ1) is 24.5. The minimum Gasteiger partial charge on any atom is -0.472 e. The number of sulfonamides is 1. The fourth-order valence-electron chi connectivity index (χ4n) is 4.05. The molecule has 2 aromatic carbocycles. The molecule has 1 amide bonds. The van der Waals surface area contributed by atoms with Crippen molar-refractivity contribution in [1.82, 2.24) is 9.21 Å². The van der Waals surface area contributed by atoms with Gasteiger partial charge in [-0.15, -0.1) is 13.2 Å². The number of benzene rings is 2. The predicted octanol–water partition coefficient (Wildman–Crippen LogP) is 4.07. The van der Waals surface area contributed by atoms with E-state index >= 15 is 0 Å². The van der Waals surface area contributed by atoms with Gasteiger partial charge >= 0.3 is 12.5 Å². The summed E-state index contributed by atoms with van der Waals surface area (Å²) in [5.74, 6) is -3.26. The van der Waals surface area contributed by atoms with E-state index in [4.69, 9.17) is 21.8 Å². The first-order valence-corrected chi connectivity index (χ1v) is 13.6. The van der Waals surface area contributed by atoms with E-state index in [0.29, 0.717) is 18.2 Å². The van der Waals surface area contributed by atoms with Crippen molar-refractivity contribution < 1.29 is 67.3 Å². The molecule has 2 heterocycles. The van der Waals surface area contributed by atoms with Crippen LogP contribution in [-0.4, -0.2) is 84.4 Å². The van der Waals surface area contributed by atoms with Crippen molar-refractivity contribution in [3.05, 3.63) is 72.4 Å². The number of carbonyl (C=O) groups is 1. The Hall–Kier alpha value is -3.33. The van der Waals surface area contributed by atoms with Crippen LogP contribution in [-0.2, 0) is 25.9 Å². The standard InChI is InChI=1S/C28H33F3N2O8S/c1-18(2)15-32(42(37,38)21-10-8-20(9-11-21)41-28(29,30)31)16-25(34)23(14-19-6-4-3-5-7-19)33(27(35)36)24-17-40-26-22(24)12-13-39-26/h3-13,18,22-26,34H,14-17H2,1-2H3,(H,35,36)/t22-,23-,24?,25+,26-/m0/s1/i3D,4D,5D,6D,7D,10D,14D2,16D2,23D,25D. The Morgan fingerprint density at radius 3 is 2.57 bits per heavy atom. The zero-order chi connectivity index (χ0) is 41.3. The lowest BCUT2D eigenvalue weighted by molar-refractivity contribution is -0.274. The lowest BCUT2D eigenvalue weighted by Gasteiger charge is -2.39. The molecule has 1 unspecified atom stereocenters. The maximum absolute atomic E-state index is 14.2. The number of aliphatic hydroxyl groups is 1. The lowest BCUT2D eigenvalue weighted by atomic mass is 9.94. The van der Waals surface area contributed by atoms with Gasteiger partial charge < -0.3 is 24.4 Å². The quantitative estimate of drug-likeness (QED) is 0.361. The SMILES string of the molecule is [2H]c1cc(OC(F)(F)F)ccc1S(=O)(=O)N(CC(C)C)C([2H])([2H])[C@@]([2H])(O)[C@@]([2H])(N(C(=O)O)C1CO[C@@H]2OC=C[C@@H]12)C([2H])([2H])c1c([2H])c([2H])c([2H])c([2H])c1[2H]. The van der Waals surface area contributed by atoms with Crippen LogP contribution in [0.15, 0.2) is 71.7 Å². The predicted molar refractivity (Wildman–Crippen MR) is 144 cm³/mol. The average molecular weight is 627 g/mol. The summed E-state index contributed by atoms with van der Waals surface area (Å²) in [4.78, 5) is 11.7. The molecule has 4 rings (SSSR count). The molecular weight excluding hydrogens is 581 g/mol. The Kier molecular flexibility index (Phi) is 5.85. The Morgan fingerprint density at radius 2 is 1.95 bits per heavy atom.